The zero-order valence-corrected chi connectivity index (χ0v) is 19.2. The van der Waals surface area contributed by atoms with Crippen LogP contribution in [0.15, 0.2) is 24.4 Å². The molecular formula is C24H37N3O3. The number of ether oxygens (including phenoxy) is 2. The zero-order chi connectivity index (χ0) is 21.7. The van der Waals surface area contributed by atoms with Gasteiger partial charge < -0.3 is 19.3 Å². The van der Waals surface area contributed by atoms with Crippen LogP contribution in [0, 0.1) is 0 Å². The van der Waals surface area contributed by atoms with Crippen LogP contribution in [0.3, 0.4) is 0 Å². The molecule has 6 nitrogen and oxygen atoms in total. The molecular weight excluding hydrogens is 378 g/mol. The molecule has 166 valence electrons. The second kappa shape index (κ2) is 10.3. The smallest absolute Gasteiger partial charge is 0.418 e. The second-order valence-electron chi connectivity index (χ2n) is 8.50. The Labute approximate surface area is 180 Å². The molecule has 0 amide bonds. The van der Waals surface area contributed by atoms with Crippen molar-refractivity contribution in [3.05, 3.63) is 30.0 Å². The highest BCUT2D eigenvalue weighted by Crippen LogP contribution is 2.29. The monoisotopic (exact) mass is 415 g/mol. The van der Waals surface area contributed by atoms with Gasteiger partial charge in [-0.1, -0.05) is 13.8 Å². The predicted octanol–water partition coefficient (Wildman–Crippen LogP) is 4.39. The van der Waals surface area contributed by atoms with E-state index in [-0.39, 0.29) is 12.2 Å². The van der Waals surface area contributed by atoms with Gasteiger partial charge in [0.2, 0.25) is 0 Å². The highest BCUT2D eigenvalue weighted by Gasteiger charge is 2.27. The van der Waals surface area contributed by atoms with Crippen molar-refractivity contribution in [2.24, 2.45) is 0 Å². The Morgan fingerprint density at radius 3 is 2.43 bits per heavy atom. The highest BCUT2D eigenvalue weighted by atomic mass is 16.6. The topological polar surface area (TPSA) is 46.9 Å². The number of fused-ring (bicyclic) bond motifs is 1. The standard InChI is InChI=1S/C24H37N3O3/c1-6-26(7-2)19-8-10-20(11-9-19)30-24(28)27-17-18(14-15-25(3)4)22-16-21(29-5)12-13-23(22)27/h12-13,16-17,19-20H,6-11,14-15H2,1-5H3. The van der Waals surface area contributed by atoms with Crippen LogP contribution in [-0.2, 0) is 11.2 Å². The largest absolute Gasteiger partial charge is 0.497 e. The highest BCUT2D eigenvalue weighted by molar-refractivity contribution is 5.92. The Hall–Kier alpha value is -2.05. The van der Waals surface area contributed by atoms with Crippen molar-refractivity contribution in [2.75, 3.05) is 40.8 Å². The van der Waals surface area contributed by atoms with Gasteiger partial charge in [0, 0.05) is 24.2 Å². The van der Waals surface area contributed by atoms with E-state index in [1.54, 1.807) is 11.7 Å². The van der Waals surface area contributed by atoms with Gasteiger partial charge in [0.15, 0.2) is 0 Å². The third-order valence-electron chi connectivity index (χ3n) is 6.36. The van der Waals surface area contributed by atoms with Crippen molar-refractivity contribution in [3.8, 4) is 5.75 Å². The number of likely N-dealkylation sites (N-methyl/N-ethyl adjacent to an activating group) is 1. The van der Waals surface area contributed by atoms with Gasteiger partial charge in [0.05, 0.1) is 12.6 Å². The molecule has 1 fully saturated rings. The predicted molar refractivity (Wildman–Crippen MR) is 122 cm³/mol. The van der Waals surface area contributed by atoms with Gasteiger partial charge in [-0.15, -0.1) is 0 Å². The lowest BCUT2D eigenvalue weighted by atomic mass is 9.92. The minimum Gasteiger partial charge on any atom is -0.497 e. The molecule has 30 heavy (non-hydrogen) atoms. The SMILES string of the molecule is CCN(CC)C1CCC(OC(=O)n2cc(CCN(C)C)c3cc(OC)ccc32)CC1. The number of rotatable bonds is 8. The van der Waals surface area contributed by atoms with Gasteiger partial charge >= 0.3 is 6.09 Å². The molecule has 1 aromatic heterocycles. The molecule has 0 unspecified atom stereocenters. The maximum atomic E-state index is 13.0. The fourth-order valence-electron chi connectivity index (χ4n) is 4.57. The van der Waals surface area contributed by atoms with E-state index in [0.717, 1.165) is 74.0 Å². The van der Waals surface area contributed by atoms with Crippen LogP contribution in [0.1, 0.15) is 45.1 Å². The van der Waals surface area contributed by atoms with Gasteiger partial charge in [-0.05, 0) is 83.1 Å². The first-order valence-corrected chi connectivity index (χ1v) is 11.2. The molecule has 0 saturated heterocycles. The lowest BCUT2D eigenvalue weighted by Gasteiger charge is -2.35. The van der Waals surface area contributed by atoms with Gasteiger partial charge in [-0.2, -0.15) is 0 Å². The lowest BCUT2D eigenvalue weighted by molar-refractivity contribution is 0.0511. The van der Waals surface area contributed by atoms with Gasteiger partial charge in [0.25, 0.3) is 0 Å². The first kappa shape index (κ1) is 22.6. The Morgan fingerprint density at radius 2 is 1.83 bits per heavy atom. The molecule has 3 rings (SSSR count). The number of nitrogens with zero attached hydrogens (tertiary/aromatic N) is 3. The molecule has 0 radical (unpaired) electrons. The molecule has 0 bridgehead atoms. The Bertz CT molecular complexity index is 834. The fourth-order valence-corrected chi connectivity index (χ4v) is 4.57. The van der Waals surface area contributed by atoms with E-state index in [1.807, 2.05) is 24.4 Å². The van der Waals surface area contributed by atoms with Crippen molar-refractivity contribution >= 4 is 17.0 Å². The van der Waals surface area contributed by atoms with Crippen LogP contribution < -0.4 is 4.74 Å². The summed E-state index contributed by atoms with van der Waals surface area (Å²) in [5, 5.41) is 1.05. The Balaban J connectivity index is 1.73. The lowest BCUT2D eigenvalue weighted by Crippen LogP contribution is -2.39. The summed E-state index contributed by atoms with van der Waals surface area (Å²) >= 11 is 0. The number of carbonyl (C=O) groups is 1. The van der Waals surface area contributed by atoms with E-state index in [4.69, 9.17) is 9.47 Å². The second-order valence-corrected chi connectivity index (χ2v) is 8.50. The maximum absolute atomic E-state index is 13.0. The van der Waals surface area contributed by atoms with Crippen LogP contribution >= 0.6 is 0 Å². The maximum Gasteiger partial charge on any atom is 0.418 e. The normalized spacial score (nSPS) is 19.6. The van der Waals surface area contributed by atoms with Crippen molar-refractivity contribution < 1.29 is 14.3 Å². The number of aromatic nitrogens is 1. The first-order valence-electron chi connectivity index (χ1n) is 11.2. The van der Waals surface area contributed by atoms with Crippen LogP contribution in [0.5, 0.6) is 5.75 Å². The Kier molecular flexibility index (Phi) is 7.78. The number of hydrogen-bond acceptors (Lipinski definition) is 5. The van der Waals surface area contributed by atoms with E-state index in [9.17, 15) is 4.79 Å². The summed E-state index contributed by atoms with van der Waals surface area (Å²) < 4.78 is 13.0. The molecule has 1 aromatic carbocycles. The number of carbonyl (C=O) groups excluding carboxylic acids is 1. The van der Waals surface area contributed by atoms with Crippen LogP contribution in [0.2, 0.25) is 0 Å². The van der Waals surface area contributed by atoms with Crippen molar-refractivity contribution in [3.63, 3.8) is 0 Å². The molecule has 1 saturated carbocycles. The van der Waals surface area contributed by atoms with Gasteiger partial charge in [-0.25, -0.2) is 4.79 Å². The minimum atomic E-state index is -0.271. The molecule has 0 aliphatic heterocycles. The van der Waals surface area contributed by atoms with E-state index in [1.165, 1.54) is 0 Å². The molecule has 1 aliphatic rings. The van der Waals surface area contributed by atoms with Gasteiger partial charge in [0.1, 0.15) is 11.9 Å². The zero-order valence-electron chi connectivity index (χ0n) is 19.2. The summed E-state index contributed by atoms with van der Waals surface area (Å²) in [7, 11) is 5.78. The first-order chi connectivity index (χ1) is 14.5. The van der Waals surface area contributed by atoms with Crippen molar-refractivity contribution in [2.45, 2.75) is 58.1 Å². The summed E-state index contributed by atoms with van der Waals surface area (Å²) in [6.07, 6.45) is 6.61. The van der Waals surface area contributed by atoms with Crippen LogP contribution in [0.4, 0.5) is 4.79 Å². The number of benzene rings is 1. The molecule has 6 heteroatoms. The average molecular weight is 416 g/mol. The number of hydrogen-bond donors (Lipinski definition) is 0. The van der Waals surface area contributed by atoms with Crippen LogP contribution in [0.25, 0.3) is 10.9 Å². The van der Waals surface area contributed by atoms with E-state index < -0.39 is 0 Å². The molecule has 1 heterocycles. The molecule has 2 aromatic rings. The van der Waals surface area contributed by atoms with Crippen molar-refractivity contribution in [1.82, 2.24) is 14.4 Å². The van der Waals surface area contributed by atoms with E-state index >= 15 is 0 Å². The summed E-state index contributed by atoms with van der Waals surface area (Å²) in [6.45, 7) is 7.52. The van der Waals surface area contributed by atoms with Crippen molar-refractivity contribution in [1.29, 1.82) is 0 Å². The Morgan fingerprint density at radius 1 is 1.13 bits per heavy atom. The molecule has 0 N–H and O–H groups in total. The number of methoxy groups -OCH3 is 1. The summed E-state index contributed by atoms with van der Waals surface area (Å²) in [5.41, 5.74) is 2.02. The van der Waals surface area contributed by atoms with E-state index in [2.05, 4.69) is 37.7 Å². The molecule has 0 atom stereocenters. The summed E-state index contributed by atoms with van der Waals surface area (Å²) in [6, 6.07) is 6.48. The molecule has 1 aliphatic carbocycles. The average Bonchev–Trinajstić information content (AvgIpc) is 3.12. The third kappa shape index (κ3) is 5.16. The minimum absolute atomic E-state index is 0.00485. The third-order valence-corrected chi connectivity index (χ3v) is 6.36. The van der Waals surface area contributed by atoms with Gasteiger partial charge in [-0.3, -0.25) is 4.57 Å². The fraction of sp³-hybridized carbons (Fsp3) is 0.625. The van der Waals surface area contributed by atoms with E-state index in [0.29, 0.717) is 6.04 Å². The summed E-state index contributed by atoms with van der Waals surface area (Å²) in [4.78, 5) is 17.7. The summed E-state index contributed by atoms with van der Waals surface area (Å²) in [5.74, 6) is 0.800. The molecule has 0 spiro atoms. The quantitative estimate of drug-likeness (QED) is 0.640. The van der Waals surface area contributed by atoms with Crippen LogP contribution in [-0.4, -0.2) is 73.4 Å².